The Morgan fingerprint density at radius 2 is 1.97 bits per heavy atom. The Bertz CT molecular complexity index is 992. The second-order valence-electron chi connectivity index (χ2n) is 7.85. The molecule has 0 radical (unpaired) electrons. The van der Waals surface area contributed by atoms with Crippen LogP contribution >= 0.6 is 0 Å². The molecular formula is C22H25N5O3. The maximum absolute atomic E-state index is 12.7. The van der Waals surface area contributed by atoms with E-state index >= 15 is 0 Å². The van der Waals surface area contributed by atoms with E-state index in [1.165, 1.54) is 6.92 Å². The van der Waals surface area contributed by atoms with E-state index in [1.54, 1.807) is 9.80 Å². The number of carbonyl (C=O) groups excluding carboxylic acids is 3. The third-order valence-corrected chi connectivity index (χ3v) is 5.67. The summed E-state index contributed by atoms with van der Waals surface area (Å²) in [6.07, 6.45) is 1.08. The number of amides is 3. The zero-order valence-corrected chi connectivity index (χ0v) is 17.2. The number of fused-ring (bicyclic) bond motifs is 1. The molecule has 0 spiro atoms. The number of likely N-dealkylation sites (tertiary alicyclic amines) is 1. The van der Waals surface area contributed by atoms with Gasteiger partial charge in [-0.25, -0.2) is 9.97 Å². The van der Waals surface area contributed by atoms with Crippen LogP contribution in [0.15, 0.2) is 30.3 Å². The maximum Gasteiger partial charge on any atom is 0.241 e. The zero-order chi connectivity index (χ0) is 21.3. The van der Waals surface area contributed by atoms with Gasteiger partial charge in [-0.1, -0.05) is 30.3 Å². The summed E-state index contributed by atoms with van der Waals surface area (Å²) >= 11 is 0. The molecule has 0 saturated carbocycles. The highest BCUT2D eigenvalue weighted by molar-refractivity contribution is 6.00. The van der Waals surface area contributed by atoms with Crippen LogP contribution in [0, 0.1) is 6.92 Å². The lowest BCUT2D eigenvalue weighted by molar-refractivity contribution is -0.131. The molecule has 8 heteroatoms. The average molecular weight is 407 g/mol. The molecule has 0 aliphatic carbocycles. The van der Waals surface area contributed by atoms with Gasteiger partial charge in [0.15, 0.2) is 0 Å². The molecule has 3 amide bonds. The molecule has 4 rings (SSSR count). The van der Waals surface area contributed by atoms with Crippen LogP contribution in [0.2, 0.25) is 0 Å². The number of aryl methyl sites for hydroxylation is 1. The van der Waals surface area contributed by atoms with Crippen molar-refractivity contribution in [3.05, 3.63) is 53.0 Å². The van der Waals surface area contributed by atoms with Gasteiger partial charge in [0.05, 0.1) is 19.5 Å². The van der Waals surface area contributed by atoms with Gasteiger partial charge in [0.25, 0.3) is 0 Å². The summed E-state index contributed by atoms with van der Waals surface area (Å²) in [5.74, 6) is 1.08. The molecule has 1 saturated heterocycles. The lowest BCUT2D eigenvalue weighted by Crippen LogP contribution is -2.38. The summed E-state index contributed by atoms with van der Waals surface area (Å²) in [4.78, 5) is 48.9. The molecule has 1 aromatic carbocycles. The predicted molar refractivity (Wildman–Crippen MR) is 111 cm³/mol. The summed E-state index contributed by atoms with van der Waals surface area (Å²) in [7, 11) is 0. The van der Waals surface area contributed by atoms with Gasteiger partial charge >= 0.3 is 0 Å². The Morgan fingerprint density at radius 3 is 2.70 bits per heavy atom. The van der Waals surface area contributed by atoms with E-state index in [1.807, 2.05) is 37.3 Å². The molecular weight excluding hydrogens is 382 g/mol. The van der Waals surface area contributed by atoms with E-state index in [2.05, 4.69) is 10.3 Å². The van der Waals surface area contributed by atoms with E-state index in [0.29, 0.717) is 37.7 Å². The first kappa shape index (κ1) is 20.0. The minimum Gasteiger partial charge on any atom is -0.347 e. The van der Waals surface area contributed by atoms with Crippen LogP contribution in [0.1, 0.15) is 41.9 Å². The molecule has 156 valence electrons. The molecule has 0 bridgehead atoms. The minimum absolute atomic E-state index is 0.00544. The van der Waals surface area contributed by atoms with Crippen LogP contribution in [0.5, 0.6) is 0 Å². The summed E-state index contributed by atoms with van der Waals surface area (Å²) in [5, 5.41) is 2.55. The Labute approximate surface area is 175 Å². The quantitative estimate of drug-likeness (QED) is 0.807. The number of anilines is 1. The van der Waals surface area contributed by atoms with Crippen molar-refractivity contribution in [1.29, 1.82) is 0 Å². The van der Waals surface area contributed by atoms with E-state index < -0.39 is 0 Å². The summed E-state index contributed by atoms with van der Waals surface area (Å²) in [6, 6.07) is 9.86. The number of carbonyl (C=O) groups is 3. The van der Waals surface area contributed by atoms with Gasteiger partial charge in [-0.2, -0.15) is 0 Å². The van der Waals surface area contributed by atoms with Crippen molar-refractivity contribution in [1.82, 2.24) is 20.2 Å². The zero-order valence-electron chi connectivity index (χ0n) is 17.2. The Balaban J connectivity index is 1.53. The van der Waals surface area contributed by atoms with Crippen molar-refractivity contribution in [3.8, 4) is 0 Å². The molecule has 2 aliphatic rings. The highest BCUT2D eigenvalue weighted by Crippen LogP contribution is 2.33. The second kappa shape index (κ2) is 8.22. The number of benzene rings is 1. The Kier molecular flexibility index (Phi) is 5.48. The largest absolute Gasteiger partial charge is 0.347 e. The highest BCUT2D eigenvalue weighted by atomic mass is 16.2. The van der Waals surface area contributed by atoms with Gasteiger partial charge in [-0.15, -0.1) is 0 Å². The van der Waals surface area contributed by atoms with Gasteiger partial charge in [-0.05, 0) is 18.9 Å². The Hall–Kier alpha value is -3.29. The van der Waals surface area contributed by atoms with Crippen molar-refractivity contribution in [3.63, 3.8) is 0 Å². The highest BCUT2D eigenvalue weighted by Gasteiger charge is 2.34. The fourth-order valence-electron chi connectivity index (χ4n) is 4.02. The average Bonchev–Trinajstić information content (AvgIpc) is 3.33. The molecule has 30 heavy (non-hydrogen) atoms. The number of aromatic nitrogens is 2. The molecule has 1 aromatic heterocycles. The number of rotatable bonds is 5. The van der Waals surface area contributed by atoms with Crippen molar-refractivity contribution >= 4 is 23.5 Å². The fraction of sp³-hybridized carbons (Fsp3) is 0.409. The molecule has 3 heterocycles. The van der Waals surface area contributed by atoms with Crippen molar-refractivity contribution < 1.29 is 14.4 Å². The van der Waals surface area contributed by atoms with E-state index in [4.69, 9.17) is 4.98 Å². The maximum atomic E-state index is 12.7. The van der Waals surface area contributed by atoms with Crippen molar-refractivity contribution in [2.45, 2.75) is 39.2 Å². The lowest BCUT2D eigenvalue weighted by Gasteiger charge is -2.19. The molecule has 1 fully saturated rings. The lowest BCUT2D eigenvalue weighted by atomic mass is 10.1. The van der Waals surface area contributed by atoms with E-state index in [0.717, 1.165) is 23.2 Å². The molecule has 0 unspecified atom stereocenters. The first-order valence-corrected chi connectivity index (χ1v) is 10.2. The van der Waals surface area contributed by atoms with Gasteiger partial charge in [0.1, 0.15) is 11.6 Å². The number of hydrogen-bond donors (Lipinski definition) is 1. The first-order valence-electron chi connectivity index (χ1n) is 10.2. The number of nitrogens with one attached hydrogen (secondary N) is 1. The van der Waals surface area contributed by atoms with Gasteiger partial charge in [-0.3, -0.25) is 19.3 Å². The van der Waals surface area contributed by atoms with E-state index in [-0.39, 0.29) is 30.2 Å². The van der Waals surface area contributed by atoms with Crippen LogP contribution in [0.3, 0.4) is 0 Å². The number of nitrogens with zero attached hydrogens (tertiary/aromatic N) is 4. The SMILES string of the molecule is CC(=O)NCC(=O)N1CC[C@H](c2nc(C)c3c(n2)N(Cc2ccccc2)C(=O)C3)C1. The normalized spacial score (nSPS) is 17.9. The minimum atomic E-state index is -0.222. The summed E-state index contributed by atoms with van der Waals surface area (Å²) in [6.45, 7) is 4.92. The summed E-state index contributed by atoms with van der Waals surface area (Å²) in [5.41, 5.74) is 2.75. The van der Waals surface area contributed by atoms with Crippen molar-refractivity contribution in [2.75, 3.05) is 24.5 Å². The molecule has 2 aliphatic heterocycles. The molecule has 1 atom stereocenters. The Morgan fingerprint density at radius 1 is 1.20 bits per heavy atom. The van der Waals surface area contributed by atoms with Crippen LogP contribution < -0.4 is 10.2 Å². The van der Waals surface area contributed by atoms with E-state index in [9.17, 15) is 14.4 Å². The third kappa shape index (κ3) is 4.03. The second-order valence-corrected chi connectivity index (χ2v) is 7.85. The summed E-state index contributed by atoms with van der Waals surface area (Å²) < 4.78 is 0. The third-order valence-electron chi connectivity index (χ3n) is 5.67. The number of hydrogen-bond acceptors (Lipinski definition) is 5. The monoisotopic (exact) mass is 407 g/mol. The van der Waals surface area contributed by atoms with Crippen LogP contribution in [-0.4, -0.2) is 52.2 Å². The molecule has 1 N–H and O–H groups in total. The van der Waals surface area contributed by atoms with Gasteiger partial charge in [0, 0.05) is 37.2 Å². The smallest absolute Gasteiger partial charge is 0.241 e. The standard InChI is InChI=1S/C22H25N5O3/c1-14-18-10-19(29)27(12-16-6-4-3-5-7-16)22(18)25-21(24-14)17-8-9-26(13-17)20(30)11-23-15(2)28/h3-7,17H,8-13H2,1-2H3,(H,23,28)/t17-/m0/s1. The van der Waals surface area contributed by atoms with Crippen LogP contribution in [0.25, 0.3) is 0 Å². The van der Waals surface area contributed by atoms with Gasteiger partial charge in [0.2, 0.25) is 17.7 Å². The van der Waals surface area contributed by atoms with Crippen molar-refractivity contribution in [2.24, 2.45) is 0 Å². The van der Waals surface area contributed by atoms with Crippen LogP contribution in [-0.2, 0) is 27.3 Å². The van der Waals surface area contributed by atoms with Gasteiger partial charge < -0.3 is 10.2 Å². The first-order chi connectivity index (χ1) is 14.4. The van der Waals surface area contributed by atoms with Crippen LogP contribution in [0.4, 0.5) is 5.82 Å². The predicted octanol–water partition coefficient (Wildman–Crippen LogP) is 1.33. The topological polar surface area (TPSA) is 95.5 Å². The molecule has 8 nitrogen and oxygen atoms in total. The molecule has 2 aromatic rings. The fourth-order valence-corrected chi connectivity index (χ4v) is 4.02.